The minimum absolute atomic E-state index is 0.163. The molecule has 3 rings (SSSR count). The molecule has 1 atom stereocenters. The average molecular weight is 278 g/mol. The molecule has 1 aliphatic rings. The van der Waals surface area contributed by atoms with Gasteiger partial charge in [0, 0.05) is 11.6 Å². The summed E-state index contributed by atoms with van der Waals surface area (Å²) < 4.78 is 27.0. The smallest absolute Gasteiger partial charge is 0.321 e. The van der Waals surface area contributed by atoms with E-state index in [1.165, 1.54) is 0 Å². The van der Waals surface area contributed by atoms with Crippen molar-refractivity contribution in [1.82, 2.24) is 14.8 Å². The Labute approximate surface area is 115 Å². The molecule has 0 amide bonds. The van der Waals surface area contributed by atoms with Gasteiger partial charge in [0.15, 0.2) is 0 Å². The number of anilines is 1. The minimum atomic E-state index is -2.62. The number of nitrogen functional groups attached to an aromatic ring is 1. The average Bonchev–Trinajstić information content (AvgIpc) is 2.82. The molecule has 0 radical (unpaired) electrons. The predicted molar refractivity (Wildman–Crippen MR) is 71.3 cm³/mol. The number of benzene rings is 1. The second kappa shape index (κ2) is 5.19. The van der Waals surface area contributed by atoms with Crippen molar-refractivity contribution in [2.75, 3.05) is 5.73 Å². The van der Waals surface area contributed by atoms with Crippen LogP contribution in [0.25, 0.3) is 0 Å². The molecular formula is C14H16F2N4. The van der Waals surface area contributed by atoms with E-state index in [2.05, 4.69) is 10.2 Å². The Morgan fingerprint density at radius 3 is 2.70 bits per heavy atom. The Hall–Kier alpha value is -1.98. The fourth-order valence-electron chi connectivity index (χ4n) is 2.78. The largest absolute Gasteiger partial charge is 0.399 e. The van der Waals surface area contributed by atoms with Crippen molar-refractivity contribution >= 4 is 5.69 Å². The SMILES string of the molecule is Nc1cccc([C@H](c2nncn2C(F)F)C2CCC2)c1. The quantitative estimate of drug-likeness (QED) is 0.874. The summed E-state index contributed by atoms with van der Waals surface area (Å²) in [6.45, 7) is -2.62. The number of nitrogens with zero attached hydrogens (tertiary/aromatic N) is 3. The minimum Gasteiger partial charge on any atom is -0.399 e. The lowest BCUT2D eigenvalue weighted by atomic mass is 9.72. The van der Waals surface area contributed by atoms with Gasteiger partial charge in [-0.05, 0) is 36.5 Å². The van der Waals surface area contributed by atoms with Crippen LogP contribution >= 0.6 is 0 Å². The molecule has 1 fully saturated rings. The Kier molecular flexibility index (Phi) is 3.38. The van der Waals surface area contributed by atoms with E-state index in [9.17, 15) is 8.78 Å². The van der Waals surface area contributed by atoms with Crippen LogP contribution in [0.2, 0.25) is 0 Å². The van der Waals surface area contributed by atoms with Crippen LogP contribution in [0.5, 0.6) is 0 Å². The third-order valence-electron chi connectivity index (χ3n) is 3.98. The van der Waals surface area contributed by atoms with Crippen molar-refractivity contribution in [3.8, 4) is 0 Å². The van der Waals surface area contributed by atoms with Crippen LogP contribution in [0.3, 0.4) is 0 Å². The van der Waals surface area contributed by atoms with E-state index in [0.717, 1.165) is 35.7 Å². The van der Waals surface area contributed by atoms with E-state index in [1.807, 2.05) is 18.2 Å². The highest BCUT2D eigenvalue weighted by molar-refractivity contribution is 5.43. The predicted octanol–water partition coefficient (Wildman–Crippen LogP) is 3.19. The number of rotatable bonds is 4. The Bertz CT molecular complexity index is 592. The maximum atomic E-state index is 13.1. The van der Waals surface area contributed by atoms with Crippen molar-refractivity contribution < 1.29 is 8.78 Å². The van der Waals surface area contributed by atoms with Crippen molar-refractivity contribution in [3.63, 3.8) is 0 Å². The maximum absolute atomic E-state index is 13.1. The number of hydrogen-bond donors (Lipinski definition) is 1. The van der Waals surface area contributed by atoms with E-state index in [1.54, 1.807) is 6.07 Å². The molecule has 1 aliphatic carbocycles. The monoisotopic (exact) mass is 278 g/mol. The van der Waals surface area contributed by atoms with Gasteiger partial charge in [-0.3, -0.25) is 4.57 Å². The summed E-state index contributed by atoms with van der Waals surface area (Å²) >= 11 is 0. The van der Waals surface area contributed by atoms with Gasteiger partial charge in [-0.2, -0.15) is 8.78 Å². The van der Waals surface area contributed by atoms with Crippen LogP contribution in [-0.2, 0) is 0 Å². The Morgan fingerprint density at radius 1 is 1.30 bits per heavy atom. The Morgan fingerprint density at radius 2 is 2.10 bits per heavy atom. The second-order valence-electron chi connectivity index (χ2n) is 5.21. The number of halogens is 2. The van der Waals surface area contributed by atoms with Gasteiger partial charge in [0.2, 0.25) is 0 Å². The van der Waals surface area contributed by atoms with Crippen LogP contribution in [0.4, 0.5) is 14.5 Å². The zero-order valence-electron chi connectivity index (χ0n) is 10.9. The maximum Gasteiger partial charge on any atom is 0.321 e. The van der Waals surface area contributed by atoms with E-state index < -0.39 is 6.55 Å². The van der Waals surface area contributed by atoms with Crippen LogP contribution in [0.1, 0.15) is 43.1 Å². The van der Waals surface area contributed by atoms with Gasteiger partial charge in [-0.1, -0.05) is 18.6 Å². The summed E-state index contributed by atoms with van der Waals surface area (Å²) in [6.07, 6.45) is 4.27. The van der Waals surface area contributed by atoms with Gasteiger partial charge >= 0.3 is 6.55 Å². The normalized spacial score (nSPS) is 17.1. The zero-order valence-corrected chi connectivity index (χ0v) is 10.9. The van der Waals surface area contributed by atoms with Crippen LogP contribution < -0.4 is 5.73 Å². The topological polar surface area (TPSA) is 56.7 Å². The Balaban J connectivity index is 2.04. The standard InChI is InChI=1S/C14H16F2N4/c15-14(16)20-8-18-19-13(20)12(9-3-1-4-9)10-5-2-6-11(17)7-10/h2,5-9,12,14H,1,3-4,17H2/t12-/m1/s1. The van der Waals surface area contributed by atoms with Crippen molar-refractivity contribution in [2.45, 2.75) is 31.7 Å². The molecule has 2 N–H and O–H groups in total. The van der Waals surface area contributed by atoms with Gasteiger partial charge in [-0.15, -0.1) is 10.2 Å². The van der Waals surface area contributed by atoms with E-state index >= 15 is 0 Å². The molecule has 0 unspecified atom stereocenters. The second-order valence-corrected chi connectivity index (χ2v) is 5.21. The van der Waals surface area contributed by atoms with Gasteiger partial charge in [0.05, 0.1) is 0 Å². The van der Waals surface area contributed by atoms with Crippen molar-refractivity contribution in [3.05, 3.63) is 42.0 Å². The first-order chi connectivity index (χ1) is 9.66. The van der Waals surface area contributed by atoms with Crippen molar-refractivity contribution in [2.24, 2.45) is 5.92 Å². The van der Waals surface area contributed by atoms with E-state index in [4.69, 9.17) is 5.73 Å². The van der Waals surface area contributed by atoms with Crippen LogP contribution in [0, 0.1) is 5.92 Å². The third kappa shape index (κ3) is 2.26. The highest BCUT2D eigenvalue weighted by atomic mass is 19.3. The van der Waals surface area contributed by atoms with Crippen LogP contribution in [-0.4, -0.2) is 14.8 Å². The van der Waals surface area contributed by atoms with Gasteiger partial charge in [0.1, 0.15) is 12.2 Å². The number of nitrogens with two attached hydrogens (primary N) is 1. The van der Waals surface area contributed by atoms with Gasteiger partial charge < -0.3 is 5.73 Å². The molecule has 1 saturated carbocycles. The number of hydrogen-bond acceptors (Lipinski definition) is 3. The molecular weight excluding hydrogens is 262 g/mol. The summed E-state index contributed by atoms with van der Waals surface area (Å²) in [5, 5.41) is 7.59. The first kappa shape index (κ1) is 13.0. The summed E-state index contributed by atoms with van der Waals surface area (Å²) in [6, 6.07) is 7.40. The summed E-state index contributed by atoms with van der Waals surface area (Å²) in [5.41, 5.74) is 7.39. The van der Waals surface area contributed by atoms with E-state index in [-0.39, 0.29) is 5.92 Å². The first-order valence-corrected chi connectivity index (χ1v) is 6.70. The van der Waals surface area contributed by atoms with Crippen LogP contribution in [0.15, 0.2) is 30.6 Å². The molecule has 1 aromatic carbocycles. The molecule has 0 spiro atoms. The molecule has 6 heteroatoms. The van der Waals surface area contributed by atoms with Gasteiger partial charge in [-0.25, -0.2) is 0 Å². The highest BCUT2D eigenvalue weighted by Gasteiger charge is 2.34. The lowest BCUT2D eigenvalue weighted by Crippen LogP contribution is -2.24. The molecule has 4 nitrogen and oxygen atoms in total. The summed E-state index contributed by atoms with van der Waals surface area (Å²) in [4.78, 5) is 0. The van der Waals surface area contributed by atoms with Gasteiger partial charge in [0.25, 0.3) is 0 Å². The molecule has 1 heterocycles. The number of aromatic nitrogens is 3. The third-order valence-corrected chi connectivity index (χ3v) is 3.98. The molecule has 0 saturated heterocycles. The molecule has 106 valence electrons. The summed E-state index contributed by atoms with van der Waals surface area (Å²) in [7, 11) is 0. The van der Waals surface area contributed by atoms with Crippen molar-refractivity contribution in [1.29, 1.82) is 0 Å². The fourth-order valence-corrected chi connectivity index (χ4v) is 2.78. The van der Waals surface area contributed by atoms with E-state index in [0.29, 0.717) is 17.4 Å². The fraction of sp³-hybridized carbons (Fsp3) is 0.429. The molecule has 1 aromatic heterocycles. The number of alkyl halides is 2. The summed E-state index contributed by atoms with van der Waals surface area (Å²) in [5.74, 6) is 0.498. The lowest BCUT2D eigenvalue weighted by Gasteiger charge is -2.33. The molecule has 2 aromatic rings. The first-order valence-electron chi connectivity index (χ1n) is 6.70. The lowest BCUT2D eigenvalue weighted by molar-refractivity contribution is 0.0639. The highest BCUT2D eigenvalue weighted by Crippen LogP contribution is 2.43. The molecule has 20 heavy (non-hydrogen) atoms. The zero-order chi connectivity index (χ0) is 14.1. The molecule has 0 bridgehead atoms. The molecule has 0 aliphatic heterocycles.